The molecule has 0 unspecified atom stereocenters. The van der Waals surface area contributed by atoms with Gasteiger partial charge in [-0.2, -0.15) is 0 Å². The van der Waals surface area contributed by atoms with Gasteiger partial charge in [-0.1, -0.05) is 41.9 Å². The van der Waals surface area contributed by atoms with Crippen molar-refractivity contribution in [2.24, 2.45) is 0 Å². The maximum atomic E-state index is 11.8. The standard InChI is InChI=1S/C19H11ClO3/c20-13-5-3-4-12(10-13)17-9-8-14(22-17)11-18-15-6-1-2-7-16(15)19(21)23-18/h1-11H/b18-11-. The van der Waals surface area contributed by atoms with E-state index in [0.717, 1.165) is 11.1 Å². The molecule has 0 amide bonds. The third kappa shape index (κ3) is 2.56. The highest BCUT2D eigenvalue weighted by molar-refractivity contribution is 6.30. The summed E-state index contributed by atoms with van der Waals surface area (Å²) >= 11 is 6.00. The lowest BCUT2D eigenvalue weighted by Crippen LogP contribution is -1.92. The predicted molar refractivity (Wildman–Crippen MR) is 88.9 cm³/mol. The number of carbonyl (C=O) groups is 1. The minimum Gasteiger partial charge on any atom is -0.457 e. The van der Waals surface area contributed by atoms with E-state index in [1.807, 2.05) is 54.6 Å². The molecule has 112 valence electrons. The van der Waals surface area contributed by atoms with E-state index in [2.05, 4.69) is 0 Å². The lowest BCUT2D eigenvalue weighted by atomic mass is 10.1. The predicted octanol–water partition coefficient (Wildman–Crippen LogP) is 5.27. The number of furan rings is 1. The number of halogens is 1. The number of esters is 1. The number of cyclic esters (lactones) is 1. The first-order valence-electron chi connectivity index (χ1n) is 7.10. The van der Waals surface area contributed by atoms with Gasteiger partial charge in [0, 0.05) is 22.2 Å². The number of hydrogen-bond donors (Lipinski definition) is 0. The SMILES string of the molecule is O=C1O/C(=C\c2ccc(-c3cccc(Cl)c3)o2)c2ccccc21. The van der Waals surface area contributed by atoms with E-state index in [0.29, 0.717) is 27.9 Å². The molecule has 0 saturated carbocycles. The molecule has 1 aliphatic rings. The Bertz CT molecular complexity index is 937. The van der Waals surface area contributed by atoms with Gasteiger partial charge in [0.2, 0.25) is 0 Å². The Morgan fingerprint density at radius 3 is 2.57 bits per heavy atom. The molecule has 3 aromatic rings. The van der Waals surface area contributed by atoms with Gasteiger partial charge >= 0.3 is 5.97 Å². The van der Waals surface area contributed by atoms with E-state index >= 15 is 0 Å². The fourth-order valence-electron chi connectivity index (χ4n) is 2.55. The van der Waals surface area contributed by atoms with Crippen molar-refractivity contribution in [1.82, 2.24) is 0 Å². The molecule has 0 atom stereocenters. The summed E-state index contributed by atoms with van der Waals surface area (Å²) in [5, 5.41) is 0.650. The highest BCUT2D eigenvalue weighted by Gasteiger charge is 2.25. The molecule has 0 bridgehead atoms. The normalized spacial score (nSPS) is 14.8. The second kappa shape index (κ2) is 5.45. The summed E-state index contributed by atoms with van der Waals surface area (Å²) in [7, 11) is 0. The van der Waals surface area contributed by atoms with E-state index in [9.17, 15) is 4.79 Å². The lowest BCUT2D eigenvalue weighted by Gasteiger charge is -1.98. The molecule has 2 heterocycles. The molecule has 0 spiro atoms. The van der Waals surface area contributed by atoms with Gasteiger partial charge in [0.25, 0.3) is 0 Å². The average Bonchev–Trinajstić information content (AvgIpc) is 3.14. The van der Waals surface area contributed by atoms with Gasteiger partial charge in [-0.25, -0.2) is 4.79 Å². The molecular formula is C19H11ClO3. The van der Waals surface area contributed by atoms with Crippen LogP contribution in [0, 0.1) is 0 Å². The van der Waals surface area contributed by atoms with Gasteiger partial charge < -0.3 is 9.15 Å². The molecule has 2 aromatic carbocycles. The van der Waals surface area contributed by atoms with Crippen LogP contribution in [0.15, 0.2) is 65.1 Å². The summed E-state index contributed by atoms with van der Waals surface area (Å²) in [4.78, 5) is 11.8. The maximum Gasteiger partial charge on any atom is 0.344 e. The Kier molecular flexibility index (Phi) is 3.28. The number of carbonyl (C=O) groups excluding carboxylic acids is 1. The molecule has 4 rings (SSSR count). The Morgan fingerprint density at radius 1 is 0.913 bits per heavy atom. The van der Waals surface area contributed by atoms with E-state index in [1.165, 1.54) is 0 Å². The fraction of sp³-hybridized carbons (Fsp3) is 0. The van der Waals surface area contributed by atoms with E-state index in [1.54, 1.807) is 12.1 Å². The molecule has 0 aliphatic carbocycles. The van der Waals surface area contributed by atoms with Crippen molar-refractivity contribution in [3.8, 4) is 11.3 Å². The van der Waals surface area contributed by atoms with Crippen LogP contribution in [0.5, 0.6) is 0 Å². The summed E-state index contributed by atoms with van der Waals surface area (Å²) in [5.74, 6) is 1.47. The fourth-order valence-corrected chi connectivity index (χ4v) is 2.74. The average molecular weight is 323 g/mol. The van der Waals surface area contributed by atoms with Gasteiger partial charge in [0.05, 0.1) is 5.56 Å². The zero-order chi connectivity index (χ0) is 15.8. The Labute approximate surface area is 137 Å². The zero-order valence-electron chi connectivity index (χ0n) is 12.0. The first kappa shape index (κ1) is 13.9. The molecule has 3 nitrogen and oxygen atoms in total. The van der Waals surface area contributed by atoms with Crippen molar-refractivity contribution < 1.29 is 13.9 Å². The topological polar surface area (TPSA) is 39.4 Å². The summed E-state index contributed by atoms with van der Waals surface area (Å²) in [6, 6.07) is 18.4. The van der Waals surface area contributed by atoms with Crippen LogP contribution in [-0.2, 0) is 4.74 Å². The van der Waals surface area contributed by atoms with Gasteiger partial charge in [-0.3, -0.25) is 0 Å². The van der Waals surface area contributed by atoms with Crippen LogP contribution < -0.4 is 0 Å². The first-order chi connectivity index (χ1) is 11.2. The molecule has 0 saturated heterocycles. The number of hydrogen-bond acceptors (Lipinski definition) is 3. The van der Waals surface area contributed by atoms with Crippen molar-refractivity contribution in [1.29, 1.82) is 0 Å². The van der Waals surface area contributed by atoms with E-state index < -0.39 is 0 Å². The number of benzene rings is 2. The van der Waals surface area contributed by atoms with Crippen LogP contribution >= 0.6 is 11.6 Å². The lowest BCUT2D eigenvalue weighted by molar-refractivity contribution is 0.0717. The summed E-state index contributed by atoms with van der Waals surface area (Å²) in [6.07, 6.45) is 1.72. The minimum absolute atomic E-state index is 0.339. The largest absolute Gasteiger partial charge is 0.457 e. The van der Waals surface area contributed by atoms with Gasteiger partial charge in [-0.05, 0) is 30.3 Å². The number of ether oxygens (including phenoxy) is 1. The van der Waals surface area contributed by atoms with Crippen LogP contribution in [0.1, 0.15) is 21.7 Å². The van der Waals surface area contributed by atoms with Gasteiger partial charge in [0.15, 0.2) is 0 Å². The van der Waals surface area contributed by atoms with Crippen molar-refractivity contribution in [3.05, 3.63) is 82.6 Å². The number of rotatable bonds is 2. The summed E-state index contributed by atoms with van der Waals surface area (Å²) in [5.41, 5.74) is 2.24. The van der Waals surface area contributed by atoms with Crippen LogP contribution in [-0.4, -0.2) is 5.97 Å². The van der Waals surface area contributed by atoms with E-state index in [-0.39, 0.29) is 5.97 Å². The smallest absolute Gasteiger partial charge is 0.344 e. The van der Waals surface area contributed by atoms with Crippen LogP contribution in [0.2, 0.25) is 5.02 Å². The molecule has 0 N–H and O–H groups in total. The molecule has 1 aromatic heterocycles. The maximum absolute atomic E-state index is 11.8. The molecule has 0 radical (unpaired) electrons. The number of fused-ring (bicyclic) bond motifs is 1. The van der Waals surface area contributed by atoms with Crippen LogP contribution in [0.25, 0.3) is 23.2 Å². The third-order valence-corrected chi connectivity index (χ3v) is 3.86. The van der Waals surface area contributed by atoms with Crippen molar-refractivity contribution in [2.45, 2.75) is 0 Å². The molecule has 1 aliphatic heterocycles. The second-order valence-electron chi connectivity index (χ2n) is 5.16. The highest BCUT2D eigenvalue weighted by atomic mass is 35.5. The quantitative estimate of drug-likeness (QED) is 0.603. The highest BCUT2D eigenvalue weighted by Crippen LogP contribution is 2.32. The molecule has 0 fully saturated rings. The van der Waals surface area contributed by atoms with Crippen LogP contribution in [0.4, 0.5) is 0 Å². The van der Waals surface area contributed by atoms with Crippen LogP contribution in [0.3, 0.4) is 0 Å². The van der Waals surface area contributed by atoms with Gasteiger partial charge in [0.1, 0.15) is 17.3 Å². The summed E-state index contributed by atoms with van der Waals surface area (Å²) < 4.78 is 11.1. The molecular weight excluding hydrogens is 312 g/mol. The minimum atomic E-state index is -0.339. The summed E-state index contributed by atoms with van der Waals surface area (Å²) in [6.45, 7) is 0. The Balaban J connectivity index is 1.70. The Hall–Kier alpha value is -2.78. The van der Waals surface area contributed by atoms with Gasteiger partial charge in [-0.15, -0.1) is 0 Å². The first-order valence-corrected chi connectivity index (χ1v) is 7.47. The second-order valence-corrected chi connectivity index (χ2v) is 5.59. The zero-order valence-corrected chi connectivity index (χ0v) is 12.7. The molecule has 23 heavy (non-hydrogen) atoms. The monoisotopic (exact) mass is 322 g/mol. The molecule has 4 heteroatoms. The third-order valence-electron chi connectivity index (χ3n) is 3.62. The van der Waals surface area contributed by atoms with Crippen molar-refractivity contribution in [2.75, 3.05) is 0 Å². The van der Waals surface area contributed by atoms with E-state index in [4.69, 9.17) is 20.8 Å². The Morgan fingerprint density at radius 2 is 1.74 bits per heavy atom. The van der Waals surface area contributed by atoms with Crippen molar-refractivity contribution >= 4 is 29.4 Å². The van der Waals surface area contributed by atoms with Crippen molar-refractivity contribution in [3.63, 3.8) is 0 Å².